The quantitative estimate of drug-likeness (QED) is 0.508. The van der Waals surface area contributed by atoms with Crippen molar-refractivity contribution in [1.29, 1.82) is 0 Å². The Morgan fingerprint density at radius 1 is 1.56 bits per heavy atom. The fraction of sp³-hybridized carbons (Fsp3) is 0.125. The molecule has 0 atom stereocenters. The number of fused-ring (bicyclic) bond motifs is 1. The van der Waals surface area contributed by atoms with Crippen molar-refractivity contribution in [1.82, 2.24) is 4.98 Å². The maximum absolute atomic E-state index is 4.20. The second-order valence-electron chi connectivity index (χ2n) is 2.15. The van der Waals surface area contributed by atoms with Crippen molar-refractivity contribution >= 4 is 6.08 Å². The molecular weight excluding hydrogens is 110 g/mol. The number of hydrogen-bond acceptors (Lipinski definition) is 1. The average Bonchev–Trinajstić information content (AvgIpc) is 2.33. The molecule has 1 aliphatic rings. The van der Waals surface area contributed by atoms with Gasteiger partial charge in [-0.3, -0.25) is 4.98 Å². The van der Waals surface area contributed by atoms with E-state index in [2.05, 4.69) is 23.2 Å². The molecule has 0 aromatic carbocycles. The first-order valence-corrected chi connectivity index (χ1v) is 3.07. The van der Waals surface area contributed by atoms with Crippen LogP contribution in [-0.4, -0.2) is 4.98 Å². The van der Waals surface area contributed by atoms with E-state index in [1.165, 1.54) is 11.3 Å². The van der Waals surface area contributed by atoms with Crippen LogP contribution in [0.1, 0.15) is 12.7 Å². The highest BCUT2D eigenvalue weighted by Gasteiger charge is 2.02. The Hall–Kier alpha value is -1.11. The largest absolute Gasteiger partial charge is 0.260 e. The summed E-state index contributed by atoms with van der Waals surface area (Å²) in [6.07, 6.45) is 7.10. The maximum atomic E-state index is 4.20. The van der Waals surface area contributed by atoms with Crippen LogP contribution in [0.25, 0.3) is 6.08 Å². The molecule has 1 nitrogen and oxygen atoms in total. The van der Waals surface area contributed by atoms with E-state index in [4.69, 9.17) is 0 Å². The highest BCUT2D eigenvalue weighted by atomic mass is 14.7. The molecule has 0 saturated heterocycles. The third-order valence-corrected chi connectivity index (χ3v) is 1.53. The van der Waals surface area contributed by atoms with Crippen molar-refractivity contribution in [2.75, 3.05) is 0 Å². The van der Waals surface area contributed by atoms with Crippen molar-refractivity contribution in [2.45, 2.75) is 6.42 Å². The molecule has 9 heavy (non-hydrogen) atoms. The van der Waals surface area contributed by atoms with Gasteiger partial charge in [0.2, 0.25) is 0 Å². The second-order valence-corrected chi connectivity index (χ2v) is 2.15. The van der Waals surface area contributed by atoms with Crippen molar-refractivity contribution < 1.29 is 1.43 Å². The van der Waals surface area contributed by atoms with Crippen LogP contribution < -0.4 is 0 Å². The Balaban J connectivity index is 0.000000500. The zero-order chi connectivity index (χ0) is 6.10. The zero-order valence-corrected chi connectivity index (χ0v) is 5.04. The molecule has 1 aromatic rings. The van der Waals surface area contributed by atoms with Crippen LogP contribution in [-0.2, 0) is 6.42 Å². The lowest BCUT2D eigenvalue weighted by molar-refractivity contribution is 1.13. The van der Waals surface area contributed by atoms with Gasteiger partial charge in [0.1, 0.15) is 0 Å². The van der Waals surface area contributed by atoms with Gasteiger partial charge in [-0.05, 0) is 11.6 Å². The summed E-state index contributed by atoms with van der Waals surface area (Å²) in [5.41, 5.74) is 2.48. The Morgan fingerprint density at radius 3 is 3.44 bits per heavy atom. The lowest BCUT2D eigenvalue weighted by Gasteiger charge is -1.92. The molecule has 0 unspecified atom stereocenters. The number of rotatable bonds is 0. The molecule has 1 heterocycles. The lowest BCUT2D eigenvalue weighted by Crippen LogP contribution is -1.83. The smallest absolute Gasteiger partial charge is 0.0513 e. The van der Waals surface area contributed by atoms with Crippen LogP contribution in [0, 0.1) is 0 Å². The van der Waals surface area contributed by atoms with Gasteiger partial charge >= 0.3 is 0 Å². The molecule has 0 radical (unpaired) electrons. The van der Waals surface area contributed by atoms with Gasteiger partial charge in [0.25, 0.3) is 0 Å². The van der Waals surface area contributed by atoms with E-state index in [0.717, 1.165) is 6.42 Å². The first-order chi connectivity index (χ1) is 4.47. The van der Waals surface area contributed by atoms with E-state index in [1.54, 1.807) is 0 Å². The molecule has 2 rings (SSSR count). The Kier molecular flexibility index (Phi) is 0.890. The average molecular weight is 119 g/mol. The topological polar surface area (TPSA) is 12.9 Å². The zero-order valence-electron chi connectivity index (χ0n) is 5.04. The summed E-state index contributed by atoms with van der Waals surface area (Å²) in [5, 5.41) is 0. The van der Waals surface area contributed by atoms with E-state index in [0.29, 0.717) is 0 Å². The van der Waals surface area contributed by atoms with Crippen LogP contribution in [0.5, 0.6) is 0 Å². The number of aromatic nitrogens is 1. The van der Waals surface area contributed by atoms with Gasteiger partial charge in [0.05, 0.1) is 5.69 Å². The number of nitrogens with zero attached hydrogens (tertiary/aromatic N) is 1. The minimum absolute atomic E-state index is 0. The Bertz CT molecular complexity index is 255. The van der Waals surface area contributed by atoms with E-state index >= 15 is 0 Å². The van der Waals surface area contributed by atoms with Gasteiger partial charge in [0.15, 0.2) is 0 Å². The summed E-state index contributed by atoms with van der Waals surface area (Å²) in [6, 6.07) is 4.06. The van der Waals surface area contributed by atoms with Crippen LogP contribution in [0.15, 0.2) is 24.4 Å². The Morgan fingerprint density at radius 2 is 2.56 bits per heavy atom. The molecular formula is C8H9N. The number of pyridine rings is 1. The molecule has 0 fully saturated rings. The van der Waals surface area contributed by atoms with E-state index < -0.39 is 0 Å². The molecule has 0 amide bonds. The van der Waals surface area contributed by atoms with Crippen molar-refractivity contribution in [3.8, 4) is 0 Å². The minimum Gasteiger partial charge on any atom is -0.260 e. The first kappa shape index (κ1) is 4.74. The molecule has 0 bridgehead atoms. The van der Waals surface area contributed by atoms with E-state index in [-0.39, 0.29) is 1.43 Å². The summed E-state index contributed by atoms with van der Waals surface area (Å²) in [7, 11) is 0. The van der Waals surface area contributed by atoms with Crippen LogP contribution in [0.3, 0.4) is 0 Å². The normalized spacial score (nSPS) is 13.8. The van der Waals surface area contributed by atoms with E-state index in [1.807, 2.05) is 12.3 Å². The summed E-state index contributed by atoms with van der Waals surface area (Å²) < 4.78 is 0. The maximum Gasteiger partial charge on any atom is 0.0513 e. The van der Waals surface area contributed by atoms with Gasteiger partial charge in [-0.1, -0.05) is 18.2 Å². The van der Waals surface area contributed by atoms with Crippen molar-refractivity contribution in [3.05, 3.63) is 35.7 Å². The van der Waals surface area contributed by atoms with Crippen molar-refractivity contribution in [2.24, 2.45) is 0 Å². The predicted molar refractivity (Wildman–Crippen MR) is 39.1 cm³/mol. The predicted octanol–water partition coefficient (Wildman–Crippen LogP) is 1.90. The second kappa shape index (κ2) is 1.69. The van der Waals surface area contributed by atoms with Gasteiger partial charge in [-0.25, -0.2) is 0 Å². The lowest BCUT2D eigenvalue weighted by atomic mass is 10.2. The highest BCUT2D eigenvalue weighted by molar-refractivity contribution is 5.57. The van der Waals surface area contributed by atoms with Gasteiger partial charge < -0.3 is 0 Å². The van der Waals surface area contributed by atoms with Crippen LogP contribution >= 0.6 is 0 Å². The molecule has 1 heteroatoms. The number of allylic oxidation sites excluding steroid dienone is 1. The molecule has 46 valence electrons. The molecule has 0 spiro atoms. The van der Waals surface area contributed by atoms with E-state index in [9.17, 15) is 0 Å². The molecule has 0 N–H and O–H groups in total. The first-order valence-electron chi connectivity index (χ1n) is 3.07. The third kappa shape index (κ3) is 0.653. The number of hydrogen-bond donors (Lipinski definition) is 0. The van der Waals surface area contributed by atoms with Gasteiger partial charge in [-0.15, -0.1) is 0 Å². The van der Waals surface area contributed by atoms with Crippen LogP contribution in [0.4, 0.5) is 0 Å². The minimum atomic E-state index is 0. The third-order valence-electron chi connectivity index (χ3n) is 1.53. The molecule has 1 aromatic heterocycles. The SMILES string of the molecule is C1=Cc2cccnc2C1.[HH]. The summed E-state index contributed by atoms with van der Waals surface area (Å²) in [6.45, 7) is 0. The molecule has 1 aliphatic carbocycles. The molecule has 0 aliphatic heterocycles. The Labute approximate surface area is 55.5 Å². The van der Waals surface area contributed by atoms with Crippen LogP contribution in [0.2, 0.25) is 0 Å². The summed E-state index contributed by atoms with van der Waals surface area (Å²) in [5.74, 6) is 0. The summed E-state index contributed by atoms with van der Waals surface area (Å²) >= 11 is 0. The molecule has 0 saturated carbocycles. The standard InChI is InChI=1S/C8H7N.H2/c1-3-7-4-2-6-9-8(7)5-1;/h1-4,6H,5H2;1H. The fourth-order valence-electron chi connectivity index (χ4n) is 1.07. The fourth-order valence-corrected chi connectivity index (χ4v) is 1.07. The van der Waals surface area contributed by atoms with Gasteiger partial charge in [0, 0.05) is 14.0 Å². The summed E-state index contributed by atoms with van der Waals surface area (Å²) in [4.78, 5) is 4.20. The monoisotopic (exact) mass is 119 g/mol. The van der Waals surface area contributed by atoms with Gasteiger partial charge in [-0.2, -0.15) is 0 Å². The highest BCUT2D eigenvalue weighted by Crippen LogP contribution is 2.14. The van der Waals surface area contributed by atoms with Crippen molar-refractivity contribution in [3.63, 3.8) is 0 Å².